The van der Waals surface area contributed by atoms with Crippen LogP contribution in [0, 0.1) is 0 Å². The van der Waals surface area contributed by atoms with E-state index >= 15 is 0 Å². The Morgan fingerprint density at radius 3 is 2.15 bits per heavy atom. The molecule has 2 aliphatic heterocycles. The van der Waals surface area contributed by atoms with Gasteiger partial charge in [-0.2, -0.15) is 4.31 Å². The van der Waals surface area contributed by atoms with Gasteiger partial charge in [0.1, 0.15) is 5.75 Å². The lowest BCUT2D eigenvalue weighted by atomic mass is 10.0. The van der Waals surface area contributed by atoms with Crippen LogP contribution in [0.2, 0.25) is 0 Å². The molecule has 7 nitrogen and oxygen atoms in total. The van der Waals surface area contributed by atoms with Crippen LogP contribution in [0.25, 0.3) is 0 Å². The molecule has 1 atom stereocenters. The topological polar surface area (TPSA) is 78.9 Å². The van der Waals surface area contributed by atoms with Crippen LogP contribution in [0.3, 0.4) is 0 Å². The minimum absolute atomic E-state index is 0.0654. The number of piperidine rings is 1. The van der Waals surface area contributed by atoms with Crippen LogP contribution >= 0.6 is 0 Å². The van der Waals surface area contributed by atoms with E-state index in [0.29, 0.717) is 24.5 Å². The predicted octanol–water partition coefficient (Wildman–Crippen LogP) is 3.37. The largest absolute Gasteiger partial charge is 0.497 e. The van der Waals surface area contributed by atoms with Gasteiger partial charge in [0.05, 0.1) is 24.5 Å². The number of amides is 1. The summed E-state index contributed by atoms with van der Waals surface area (Å²) in [5.41, 5.74) is 1.97. The highest BCUT2D eigenvalue weighted by molar-refractivity contribution is 7.89. The maximum absolute atomic E-state index is 12.8. The molecule has 0 saturated carbocycles. The zero-order valence-corrected chi connectivity index (χ0v) is 20.7. The van der Waals surface area contributed by atoms with E-state index in [1.54, 1.807) is 35.7 Å². The highest BCUT2D eigenvalue weighted by Crippen LogP contribution is 2.26. The monoisotopic (exact) mass is 485 g/mol. The molecule has 0 aliphatic carbocycles. The number of likely N-dealkylation sites (tertiary alicyclic amines) is 1. The van der Waals surface area contributed by atoms with Crippen molar-refractivity contribution >= 4 is 15.9 Å². The number of nitrogens with one attached hydrogen (secondary N) is 1. The molecule has 0 spiro atoms. The maximum Gasteiger partial charge on any atom is 0.243 e. The molecule has 8 heteroatoms. The van der Waals surface area contributed by atoms with Gasteiger partial charge in [-0.25, -0.2) is 8.42 Å². The first-order valence-corrected chi connectivity index (χ1v) is 13.7. The summed E-state index contributed by atoms with van der Waals surface area (Å²) < 4.78 is 32.5. The van der Waals surface area contributed by atoms with E-state index in [-0.39, 0.29) is 18.4 Å². The molecule has 1 unspecified atom stereocenters. The fourth-order valence-corrected chi connectivity index (χ4v) is 6.35. The quantitative estimate of drug-likeness (QED) is 0.589. The summed E-state index contributed by atoms with van der Waals surface area (Å²) >= 11 is 0. The molecule has 0 aromatic heterocycles. The van der Waals surface area contributed by atoms with Crippen molar-refractivity contribution in [1.82, 2.24) is 14.5 Å². The molecule has 1 N–H and O–H groups in total. The van der Waals surface area contributed by atoms with Gasteiger partial charge in [0.15, 0.2) is 0 Å². The molecule has 184 valence electrons. The Kier molecular flexibility index (Phi) is 8.24. The van der Waals surface area contributed by atoms with Crippen LogP contribution in [0.5, 0.6) is 5.75 Å². The number of nitrogens with zero attached hydrogens (tertiary/aromatic N) is 2. The highest BCUT2D eigenvalue weighted by atomic mass is 32.2. The van der Waals surface area contributed by atoms with Gasteiger partial charge in [0.2, 0.25) is 15.9 Å². The molecule has 4 rings (SSSR count). The third-order valence-electron chi connectivity index (χ3n) is 6.82. The van der Waals surface area contributed by atoms with E-state index in [2.05, 4.69) is 22.3 Å². The fraction of sp³-hybridized carbons (Fsp3) is 0.500. The SMILES string of the molecule is COc1ccc(C(CNC(=O)Cc2ccc(S(=O)(=O)N3CCCCC3)cc2)N2CCCC2)cc1. The van der Waals surface area contributed by atoms with Gasteiger partial charge < -0.3 is 10.1 Å². The highest BCUT2D eigenvalue weighted by Gasteiger charge is 2.26. The van der Waals surface area contributed by atoms with Crippen molar-refractivity contribution < 1.29 is 17.9 Å². The second-order valence-electron chi connectivity index (χ2n) is 9.12. The van der Waals surface area contributed by atoms with Gasteiger partial charge in [-0.05, 0) is 74.2 Å². The number of rotatable bonds is 9. The molecule has 2 saturated heterocycles. The van der Waals surface area contributed by atoms with Crippen molar-refractivity contribution in [3.05, 3.63) is 59.7 Å². The van der Waals surface area contributed by atoms with E-state index < -0.39 is 10.0 Å². The van der Waals surface area contributed by atoms with Gasteiger partial charge in [-0.15, -0.1) is 0 Å². The molecule has 0 bridgehead atoms. The van der Waals surface area contributed by atoms with Crippen molar-refractivity contribution in [2.45, 2.75) is 49.5 Å². The Bertz CT molecular complexity index is 1040. The van der Waals surface area contributed by atoms with Crippen LogP contribution in [-0.4, -0.2) is 63.4 Å². The summed E-state index contributed by atoms with van der Waals surface area (Å²) in [6.45, 7) is 3.75. The second-order valence-corrected chi connectivity index (χ2v) is 11.1. The Balaban J connectivity index is 1.36. The average molecular weight is 486 g/mol. The van der Waals surface area contributed by atoms with Crippen LogP contribution in [-0.2, 0) is 21.2 Å². The Labute approximate surface area is 203 Å². The van der Waals surface area contributed by atoms with E-state index in [4.69, 9.17) is 4.74 Å². The molecular weight excluding hydrogens is 450 g/mol. The van der Waals surface area contributed by atoms with Crippen molar-refractivity contribution in [1.29, 1.82) is 0 Å². The summed E-state index contributed by atoms with van der Waals surface area (Å²) in [6.07, 6.45) is 5.47. The molecule has 2 aromatic carbocycles. The zero-order valence-electron chi connectivity index (χ0n) is 19.9. The fourth-order valence-electron chi connectivity index (χ4n) is 4.83. The van der Waals surface area contributed by atoms with Crippen LogP contribution in [0.15, 0.2) is 53.4 Å². The van der Waals surface area contributed by atoms with Crippen molar-refractivity contribution in [3.8, 4) is 5.75 Å². The molecular formula is C26H35N3O4S. The number of hydrogen-bond donors (Lipinski definition) is 1. The standard InChI is InChI=1S/C26H35N3O4S/c1-33-23-11-9-22(10-12-23)25(28-15-5-6-16-28)20-27-26(30)19-21-7-13-24(14-8-21)34(31,32)29-17-3-2-4-18-29/h7-14,25H,2-6,15-20H2,1H3,(H,27,30). The van der Waals surface area contributed by atoms with Gasteiger partial charge in [-0.1, -0.05) is 30.7 Å². The van der Waals surface area contributed by atoms with Gasteiger partial charge in [0, 0.05) is 19.6 Å². The van der Waals surface area contributed by atoms with E-state index in [1.165, 1.54) is 12.8 Å². The molecule has 2 aromatic rings. The number of benzene rings is 2. The number of carbonyl (C=O) groups excluding carboxylic acids is 1. The lowest BCUT2D eigenvalue weighted by molar-refractivity contribution is -0.120. The summed E-state index contributed by atoms with van der Waals surface area (Å²) in [4.78, 5) is 15.4. The minimum Gasteiger partial charge on any atom is -0.497 e. The zero-order chi connectivity index (χ0) is 24.0. The number of methoxy groups -OCH3 is 1. The van der Waals surface area contributed by atoms with Crippen LogP contribution < -0.4 is 10.1 Å². The molecule has 2 heterocycles. The number of hydrogen-bond acceptors (Lipinski definition) is 5. The number of carbonyl (C=O) groups is 1. The number of sulfonamides is 1. The normalized spacial score (nSPS) is 18.5. The molecule has 1 amide bonds. The Morgan fingerprint density at radius 2 is 1.53 bits per heavy atom. The summed E-state index contributed by atoms with van der Waals surface area (Å²) in [5, 5.41) is 3.09. The summed E-state index contributed by atoms with van der Waals surface area (Å²) in [5.74, 6) is 0.753. The molecule has 0 radical (unpaired) electrons. The Hall–Kier alpha value is -2.42. The maximum atomic E-state index is 12.8. The van der Waals surface area contributed by atoms with E-state index in [9.17, 15) is 13.2 Å². The van der Waals surface area contributed by atoms with Crippen molar-refractivity contribution in [2.75, 3.05) is 39.8 Å². The molecule has 2 aliphatic rings. The minimum atomic E-state index is -3.46. The summed E-state index contributed by atoms with van der Waals surface area (Å²) in [6, 6.07) is 14.9. The third-order valence-corrected chi connectivity index (χ3v) is 8.73. The third kappa shape index (κ3) is 5.98. The van der Waals surface area contributed by atoms with Crippen LogP contribution in [0.1, 0.15) is 49.3 Å². The smallest absolute Gasteiger partial charge is 0.243 e. The average Bonchev–Trinajstić information content (AvgIpc) is 3.40. The summed E-state index contributed by atoms with van der Waals surface area (Å²) in [7, 11) is -1.80. The number of ether oxygens (including phenoxy) is 1. The Morgan fingerprint density at radius 1 is 0.912 bits per heavy atom. The van der Waals surface area contributed by atoms with Crippen LogP contribution in [0.4, 0.5) is 0 Å². The van der Waals surface area contributed by atoms with Crippen molar-refractivity contribution in [2.24, 2.45) is 0 Å². The van der Waals surface area contributed by atoms with Crippen molar-refractivity contribution in [3.63, 3.8) is 0 Å². The van der Waals surface area contributed by atoms with Gasteiger partial charge >= 0.3 is 0 Å². The van der Waals surface area contributed by atoms with Gasteiger partial charge in [-0.3, -0.25) is 9.69 Å². The predicted molar refractivity (Wildman–Crippen MR) is 132 cm³/mol. The first-order valence-electron chi connectivity index (χ1n) is 12.2. The van der Waals surface area contributed by atoms with E-state index in [0.717, 1.165) is 49.2 Å². The molecule has 2 fully saturated rings. The lowest BCUT2D eigenvalue weighted by Gasteiger charge is -2.28. The van der Waals surface area contributed by atoms with E-state index in [1.807, 2.05) is 12.1 Å². The molecule has 34 heavy (non-hydrogen) atoms. The first kappa shape index (κ1) is 24.7. The van der Waals surface area contributed by atoms with Gasteiger partial charge in [0.25, 0.3) is 0 Å². The second kappa shape index (κ2) is 11.3. The first-order chi connectivity index (χ1) is 16.5. The lowest BCUT2D eigenvalue weighted by Crippen LogP contribution is -2.37.